The number of aliphatic hydroxyl groups is 4. The van der Waals surface area contributed by atoms with Crippen LogP contribution in [0.4, 0.5) is 0 Å². The number of carbonyl (C=O) groups is 4. The topological polar surface area (TPSA) is 220 Å². The average molecular weight is 800 g/mol. The van der Waals surface area contributed by atoms with E-state index in [0.29, 0.717) is 12.8 Å². The van der Waals surface area contributed by atoms with Gasteiger partial charge in [-0.05, 0) is 12.8 Å². The molecule has 328 valence electrons. The summed E-state index contributed by atoms with van der Waals surface area (Å²) in [7, 11) is 0. The lowest BCUT2D eigenvalue weighted by Crippen LogP contribution is -2.76. The highest BCUT2D eigenvalue weighted by Gasteiger charge is 2.59. The molecule has 56 heavy (non-hydrogen) atoms. The number of nitrogens with zero attached hydrogens (tertiary/aromatic N) is 1. The number of carboxylic acid groups (broad SMARTS) is 1. The lowest BCUT2D eigenvalue weighted by molar-refractivity contribution is -0.292. The van der Waals surface area contributed by atoms with Crippen molar-refractivity contribution < 1.29 is 49.4 Å². The molecule has 1 rings (SSSR count). The van der Waals surface area contributed by atoms with Crippen LogP contribution in [0.3, 0.4) is 0 Å². The van der Waals surface area contributed by atoms with Crippen molar-refractivity contribution in [1.29, 1.82) is 0 Å². The molecule has 0 aliphatic carbocycles. The van der Waals surface area contributed by atoms with Gasteiger partial charge in [0.15, 0.2) is 5.78 Å². The normalized spacial score (nSPS) is 21.5. The lowest BCUT2D eigenvalue weighted by Gasteiger charge is -2.53. The summed E-state index contributed by atoms with van der Waals surface area (Å²) >= 11 is 0. The van der Waals surface area contributed by atoms with Crippen molar-refractivity contribution >= 4 is 23.6 Å². The van der Waals surface area contributed by atoms with Gasteiger partial charge in [0.25, 0.3) is 0 Å². The van der Waals surface area contributed by atoms with E-state index in [1.165, 1.54) is 101 Å². The van der Waals surface area contributed by atoms with E-state index < -0.39 is 85.7 Å². The number of nitrogens with two attached hydrogens (primary N) is 1. The second-order valence-corrected chi connectivity index (χ2v) is 16.1. The lowest BCUT2D eigenvalue weighted by atomic mass is 9.80. The predicted octanol–water partition coefficient (Wildman–Crippen LogP) is 6.25. The Morgan fingerprint density at radius 1 is 0.643 bits per heavy atom. The van der Waals surface area contributed by atoms with E-state index in [0.717, 1.165) is 51.4 Å². The molecule has 0 unspecified atom stereocenters. The molecule has 8 N–H and O–H groups in total. The van der Waals surface area contributed by atoms with E-state index in [1.807, 2.05) is 0 Å². The fourth-order valence-corrected chi connectivity index (χ4v) is 7.74. The van der Waals surface area contributed by atoms with Gasteiger partial charge in [0.05, 0.1) is 25.7 Å². The Morgan fingerprint density at radius 2 is 1.07 bits per heavy atom. The number of amides is 2. The van der Waals surface area contributed by atoms with Crippen LogP contribution in [0, 0.1) is 5.92 Å². The number of carboxylic acids is 1. The van der Waals surface area contributed by atoms with E-state index in [2.05, 4.69) is 19.2 Å². The van der Waals surface area contributed by atoms with Crippen LogP contribution < -0.4 is 11.1 Å². The second kappa shape index (κ2) is 31.8. The quantitative estimate of drug-likeness (QED) is 0.0277. The van der Waals surface area contributed by atoms with E-state index in [4.69, 9.17) is 15.6 Å². The van der Waals surface area contributed by atoms with E-state index in [9.17, 15) is 39.6 Å². The average Bonchev–Trinajstić information content (AvgIpc) is 3.17. The number of Topliss-reactive ketones (excluding diaryl/α,β-unsaturated/α-hetero) is 1. The van der Waals surface area contributed by atoms with Gasteiger partial charge in [-0.1, -0.05) is 162 Å². The van der Waals surface area contributed by atoms with Crippen molar-refractivity contribution in [2.75, 3.05) is 19.8 Å². The molecule has 1 fully saturated rings. The molecular formula is C43H81N3O10. The molecule has 6 atom stereocenters. The molecule has 0 aromatic rings. The van der Waals surface area contributed by atoms with Crippen LogP contribution in [0.2, 0.25) is 0 Å². The standard InChI is InChI=1S/C43H81N3O10/c1-3-5-7-9-11-13-14-15-16-17-18-19-21-23-25-27-31-46(37(50)28-26-24-22-20-12-10-8-6-4-2)43(44)39(42(55)41(54)35(33-48)56-43)40(53)34(32-47)45-36(49)29-30-38(51)52/h34-35,39,41-42,47-48,54-55H,3-33,44H2,1-2H3,(H,45,49)(H,51,52)/t34-,35+,39+,41+,42+,43-/m0/s1. The number of hydrogen-bond donors (Lipinski definition) is 7. The Kier molecular flexibility index (Phi) is 29.4. The Labute approximate surface area is 337 Å². The summed E-state index contributed by atoms with van der Waals surface area (Å²) in [5.74, 6) is -7.58. The van der Waals surface area contributed by atoms with Crippen LogP contribution in [0.1, 0.15) is 194 Å². The Bertz CT molecular complexity index is 1060. The third-order valence-corrected chi connectivity index (χ3v) is 11.2. The van der Waals surface area contributed by atoms with E-state index in [-0.39, 0.29) is 13.0 Å². The minimum atomic E-state index is -2.33. The van der Waals surface area contributed by atoms with Gasteiger partial charge in [0.1, 0.15) is 24.2 Å². The summed E-state index contributed by atoms with van der Waals surface area (Å²) in [4.78, 5) is 52.8. The van der Waals surface area contributed by atoms with Gasteiger partial charge in [-0.25, -0.2) is 0 Å². The van der Waals surface area contributed by atoms with Gasteiger partial charge in [-0.15, -0.1) is 0 Å². The maximum Gasteiger partial charge on any atom is 0.303 e. The molecule has 1 aliphatic rings. The van der Waals surface area contributed by atoms with Crippen molar-refractivity contribution in [2.24, 2.45) is 11.7 Å². The van der Waals surface area contributed by atoms with Crippen LogP contribution in [0.5, 0.6) is 0 Å². The third-order valence-electron chi connectivity index (χ3n) is 11.2. The number of aliphatic carboxylic acids is 1. The first-order valence-corrected chi connectivity index (χ1v) is 22.4. The molecule has 1 aliphatic heterocycles. The predicted molar refractivity (Wildman–Crippen MR) is 218 cm³/mol. The first-order chi connectivity index (χ1) is 27.0. The fourth-order valence-electron chi connectivity index (χ4n) is 7.74. The van der Waals surface area contributed by atoms with Gasteiger partial charge in [-0.3, -0.25) is 24.9 Å². The SMILES string of the molecule is CCCCCCCCCCCCCCCCCCN(C(=O)CCCCCCCCCCC)[C@]1(N)O[C@H](CO)[C@@H](O)[C@H](O)[C@H]1C(=O)[C@H](CO)NC(=O)CCC(=O)O. The number of aliphatic hydroxyl groups excluding tert-OH is 4. The maximum absolute atomic E-state index is 14.0. The molecular weight excluding hydrogens is 718 g/mol. The number of hydrogen-bond acceptors (Lipinski definition) is 10. The maximum atomic E-state index is 14.0. The van der Waals surface area contributed by atoms with Crippen LogP contribution in [0.25, 0.3) is 0 Å². The largest absolute Gasteiger partial charge is 0.481 e. The van der Waals surface area contributed by atoms with Crippen molar-refractivity contribution in [3.8, 4) is 0 Å². The Morgan fingerprint density at radius 3 is 1.48 bits per heavy atom. The molecule has 0 aromatic heterocycles. The summed E-state index contributed by atoms with van der Waals surface area (Å²) in [5.41, 5.74) is 6.87. The summed E-state index contributed by atoms with van der Waals surface area (Å²) in [6, 6.07) is -1.63. The highest BCUT2D eigenvalue weighted by Crippen LogP contribution is 2.36. The zero-order chi connectivity index (χ0) is 41.6. The van der Waals surface area contributed by atoms with Crippen LogP contribution in [-0.4, -0.2) is 104 Å². The number of unbranched alkanes of at least 4 members (excludes halogenated alkanes) is 23. The van der Waals surface area contributed by atoms with Gasteiger partial charge >= 0.3 is 5.97 Å². The minimum absolute atomic E-state index is 0.0880. The van der Waals surface area contributed by atoms with Crippen LogP contribution in [-0.2, 0) is 23.9 Å². The molecule has 13 nitrogen and oxygen atoms in total. The fraction of sp³-hybridized carbons (Fsp3) is 0.907. The highest BCUT2D eigenvalue weighted by atomic mass is 16.6. The zero-order valence-corrected chi connectivity index (χ0v) is 35.1. The molecule has 0 radical (unpaired) electrons. The minimum Gasteiger partial charge on any atom is -0.481 e. The molecule has 1 heterocycles. The van der Waals surface area contributed by atoms with Crippen LogP contribution in [0.15, 0.2) is 0 Å². The molecule has 0 saturated carbocycles. The van der Waals surface area contributed by atoms with E-state index in [1.54, 1.807) is 0 Å². The summed E-state index contributed by atoms with van der Waals surface area (Å²) in [5, 5.41) is 53.6. The van der Waals surface area contributed by atoms with Gasteiger partial charge in [-0.2, -0.15) is 0 Å². The molecule has 2 amide bonds. The molecule has 0 aromatic carbocycles. The summed E-state index contributed by atoms with van der Waals surface area (Å²) < 4.78 is 6.00. The van der Waals surface area contributed by atoms with Gasteiger partial charge in [0.2, 0.25) is 17.7 Å². The number of carbonyl (C=O) groups excluding carboxylic acids is 3. The summed E-state index contributed by atoms with van der Waals surface area (Å²) in [6.07, 6.45) is 22.2. The number of nitrogens with one attached hydrogen (secondary N) is 1. The van der Waals surface area contributed by atoms with Crippen LogP contribution >= 0.6 is 0 Å². The highest BCUT2D eigenvalue weighted by molar-refractivity contribution is 5.93. The van der Waals surface area contributed by atoms with Gasteiger partial charge in [0, 0.05) is 19.4 Å². The monoisotopic (exact) mass is 800 g/mol. The molecule has 1 saturated heterocycles. The molecule has 13 heteroatoms. The van der Waals surface area contributed by atoms with Gasteiger partial charge < -0.3 is 40.5 Å². The Balaban J connectivity index is 2.97. The van der Waals surface area contributed by atoms with E-state index >= 15 is 0 Å². The third kappa shape index (κ3) is 20.5. The first kappa shape index (κ1) is 51.9. The second-order valence-electron chi connectivity index (χ2n) is 16.1. The van der Waals surface area contributed by atoms with Crippen molar-refractivity contribution in [2.45, 2.75) is 224 Å². The van der Waals surface area contributed by atoms with Crippen molar-refractivity contribution in [3.63, 3.8) is 0 Å². The number of rotatable bonds is 36. The Hall–Kier alpha value is -2.16. The molecule has 0 spiro atoms. The first-order valence-electron chi connectivity index (χ1n) is 22.4. The molecule has 0 bridgehead atoms. The zero-order valence-electron chi connectivity index (χ0n) is 35.1. The van der Waals surface area contributed by atoms with Crippen molar-refractivity contribution in [3.05, 3.63) is 0 Å². The number of ether oxygens (including phenoxy) is 1. The summed E-state index contributed by atoms with van der Waals surface area (Å²) in [6.45, 7) is 2.84. The smallest absolute Gasteiger partial charge is 0.303 e. The number of ketones is 1. The van der Waals surface area contributed by atoms with Crippen molar-refractivity contribution in [1.82, 2.24) is 10.2 Å².